The van der Waals surface area contributed by atoms with E-state index in [1.807, 2.05) is 11.9 Å². The van der Waals surface area contributed by atoms with Crippen LogP contribution in [0.3, 0.4) is 0 Å². The molecule has 2 aliphatic carbocycles. The van der Waals surface area contributed by atoms with Gasteiger partial charge in [0.1, 0.15) is 0 Å². The Morgan fingerprint density at radius 2 is 2.24 bits per heavy atom. The van der Waals surface area contributed by atoms with Crippen LogP contribution in [0.15, 0.2) is 0 Å². The highest BCUT2D eigenvalue weighted by Crippen LogP contribution is 2.48. The van der Waals surface area contributed by atoms with Gasteiger partial charge in [-0.1, -0.05) is 24.7 Å². The van der Waals surface area contributed by atoms with Gasteiger partial charge in [0.2, 0.25) is 10.1 Å². The zero-order valence-electron chi connectivity index (χ0n) is 12.8. The summed E-state index contributed by atoms with van der Waals surface area (Å²) in [5.41, 5.74) is 0. The standard InChI is InChI=1S/C15H24N4OS/c1-3-6-16-15-18-17-13(21-15)14(20)19(2)9-12-8-10-4-5-11(12)7-10/h10-12H,3-9H2,1-2H3,(H,16,18). The zero-order valence-corrected chi connectivity index (χ0v) is 13.7. The number of amides is 1. The molecule has 1 aromatic heterocycles. The van der Waals surface area contributed by atoms with Crippen LogP contribution in [-0.2, 0) is 0 Å². The van der Waals surface area contributed by atoms with Crippen molar-refractivity contribution in [1.82, 2.24) is 15.1 Å². The topological polar surface area (TPSA) is 58.1 Å². The number of nitrogens with zero attached hydrogens (tertiary/aromatic N) is 3. The summed E-state index contributed by atoms with van der Waals surface area (Å²) in [5.74, 6) is 2.49. The van der Waals surface area contributed by atoms with Crippen LogP contribution in [0.2, 0.25) is 0 Å². The Labute approximate surface area is 130 Å². The summed E-state index contributed by atoms with van der Waals surface area (Å²) in [6.45, 7) is 3.84. The molecule has 0 aromatic carbocycles. The Morgan fingerprint density at radius 3 is 2.90 bits per heavy atom. The van der Waals surface area contributed by atoms with Gasteiger partial charge in [-0.05, 0) is 43.4 Å². The molecule has 1 heterocycles. The molecule has 5 nitrogen and oxygen atoms in total. The second kappa shape index (κ2) is 6.30. The smallest absolute Gasteiger partial charge is 0.284 e. The Kier molecular flexibility index (Phi) is 4.42. The lowest BCUT2D eigenvalue weighted by Crippen LogP contribution is -2.33. The fourth-order valence-electron chi connectivity index (χ4n) is 3.81. The predicted molar refractivity (Wildman–Crippen MR) is 84.6 cm³/mol. The van der Waals surface area contributed by atoms with Crippen LogP contribution in [0.25, 0.3) is 0 Å². The van der Waals surface area contributed by atoms with Crippen molar-refractivity contribution in [3.63, 3.8) is 0 Å². The van der Waals surface area contributed by atoms with Crippen LogP contribution >= 0.6 is 11.3 Å². The maximum atomic E-state index is 12.4. The van der Waals surface area contributed by atoms with Crippen LogP contribution in [0.5, 0.6) is 0 Å². The first kappa shape index (κ1) is 14.8. The summed E-state index contributed by atoms with van der Waals surface area (Å²) in [6, 6.07) is 0. The quantitative estimate of drug-likeness (QED) is 0.878. The number of rotatable bonds is 6. The molecule has 2 fully saturated rings. The van der Waals surface area contributed by atoms with Crippen LogP contribution in [0, 0.1) is 17.8 Å². The van der Waals surface area contributed by atoms with Crippen LogP contribution in [-0.4, -0.2) is 41.1 Å². The van der Waals surface area contributed by atoms with E-state index in [9.17, 15) is 4.79 Å². The van der Waals surface area contributed by atoms with Crippen molar-refractivity contribution >= 4 is 22.4 Å². The van der Waals surface area contributed by atoms with Crippen molar-refractivity contribution in [1.29, 1.82) is 0 Å². The van der Waals surface area contributed by atoms with Gasteiger partial charge in [0.25, 0.3) is 5.91 Å². The molecule has 3 rings (SSSR count). The molecule has 6 heteroatoms. The number of hydrogen-bond acceptors (Lipinski definition) is 5. The molecule has 2 aliphatic rings. The summed E-state index contributed by atoms with van der Waals surface area (Å²) >= 11 is 1.36. The third-order valence-electron chi connectivity index (χ3n) is 4.87. The van der Waals surface area contributed by atoms with E-state index >= 15 is 0 Å². The van der Waals surface area contributed by atoms with Gasteiger partial charge in [0.15, 0.2) is 0 Å². The number of fused-ring (bicyclic) bond motifs is 2. The van der Waals surface area contributed by atoms with Crippen molar-refractivity contribution in [3.8, 4) is 0 Å². The zero-order chi connectivity index (χ0) is 14.8. The number of aromatic nitrogens is 2. The molecule has 0 saturated heterocycles. The lowest BCUT2D eigenvalue weighted by molar-refractivity contribution is 0.0753. The van der Waals surface area contributed by atoms with E-state index in [0.29, 0.717) is 10.9 Å². The van der Waals surface area contributed by atoms with Gasteiger partial charge in [-0.3, -0.25) is 4.79 Å². The number of nitrogens with one attached hydrogen (secondary N) is 1. The highest BCUT2D eigenvalue weighted by Gasteiger charge is 2.40. The van der Waals surface area contributed by atoms with Crippen molar-refractivity contribution in [2.24, 2.45) is 17.8 Å². The molecule has 0 radical (unpaired) electrons. The van der Waals surface area contributed by atoms with E-state index in [1.54, 1.807) is 0 Å². The van der Waals surface area contributed by atoms with Gasteiger partial charge in [0, 0.05) is 20.1 Å². The van der Waals surface area contributed by atoms with Gasteiger partial charge >= 0.3 is 0 Å². The third kappa shape index (κ3) is 3.20. The molecule has 0 aliphatic heterocycles. The van der Waals surface area contributed by atoms with E-state index in [-0.39, 0.29) is 5.91 Å². The second-order valence-electron chi connectivity index (χ2n) is 6.46. The Bertz CT molecular complexity index is 504. The first-order valence-corrected chi connectivity index (χ1v) is 8.81. The van der Waals surface area contributed by atoms with Crippen molar-refractivity contribution in [2.45, 2.75) is 39.0 Å². The average molecular weight is 308 g/mol. The molecular formula is C15H24N4OS. The minimum absolute atomic E-state index is 0.0137. The highest BCUT2D eigenvalue weighted by atomic mass is 32.1. The maximum Gasteiger partial charge on any atom is 0.284 e. The van der Waals surface area contributed by atoms with Crippen LogP contribution in [0.1, 0.15) is 48.8 Å². The fraction of sp³-hybridized carbons (Fsp3) is 0.800. The summed E-state index contributed by atoms with van der Waals surface area (Å²) in [4.78, 5) is 14.3. The molecule has 1 N–H and O–H groups in total. The number of carbonyl (C=O) groups is 1. The summed E-state index contributed by atoms with van der Waals surface area (Å²) < 4.78 is 0. The van der Waals surface area contributed by atoms with Crippen molar-refractivity contribution in [3.05, 3.63) is 5.01 Å². The molecule has 21 heavy (non-hydrogen) atoms. The minimum Gasteiger partial charge on any atom is -0.360 e. The normalized spacial score (nSPS) is 27.0. The fourth-order valence-corrected chi connectivity index (χ4v) is 4.57. The van der Waals surface area contributed by atoms with Crippen molar-refractivity contribution in [2.75, 3.05) is 25.5 Å². The monoisotopic (exact) mass is 308 g/mol. The predicted octanol–water partition coefficient (Wildman–Crippen LogP) is 2.87. The van der Waals surface area contributed by atoms with Crippen LogP contribution in [0.4, 0.5) is 5.13 Å². The van der Waals surface area contributed by atoms with Gasteiger partial charge in [-0.2, -0.15) is 0 Å². The minimum atomic E-state index is 0.0137. The SMILES string of the molecule is CCCNc1nnc(C(=O)N(C)CC2CC3CCC2C3)s1. The molecule has 116 valence electrons. The lowest BCUT2D eigenvalue weighted by atomic mass is 9.88. The summed E-state index contributed by atoms with van der Waals surface area (Å²) in [6.07, 6.45) is 6.49. The molecule has 3 unspecified atom stereocenters. The largest absolute Gasteiger partial charge is 0.360 e. The molecule has 1 aromatic rings. The van der Waals surface area contributed by atoms with Gasteiger partial charge < -0.3 is 10.2 Å². The van der Waals surface area contributed by atoms with Crippen LogP contribution < -0.4 is 5.32 Å². The molecule has 1 amide bonds. The average Bonchev–Trinajstić information content (AvgIpc) is 3.20. The van der Waals surface area contributed by atoms with Gasteiger partial charge in [0.05, 0.1) is 0 Å². The molecule has 2 bridgehead atoms. The van der Waals surface area contributed by atoms with E-state index < -0.39 is 0 Å². The van der Waals surface area contributed by atoms with Gasteiger partial charge in [-0.25, -0.2) is 0 Å². The molecule has 2 saturated carbocycles. The molecule has 0 spiro atoms. The molecule has 3 atom stereocenters. The highest BCUT2D eigenvalue weighted by molar-refractivity contribution is 7.17. The maximum absolute atomic E-state index is 12.4. The summed E-state index contributed by atoms with van der Waals surface area (Å²) in [7, 11) is 1.90. The summed E-state index contributed by atoms with van der Waals surface area (Å²) in [5, 5.41) is 12.5. The Morgan fingerprint density at radius 1 is 1.38 bits per heavy atom. The second-order valence-corrected chi connectivity index (χ2v) is 7.44. The Balaban J connectivity index is 1.55. The number of hydrogen-bond donors (Lipinski definition) is 1. The third-order valence-corrected chi connectivity index (χ3v) is 5.74. The number of anilines is 1. The van der Waals surface area contributed by atoms with E-state index in [0.717, 1.165) is 36.5 Å². The first-order chi connectivity index (χ1) is 10.2. The molecular weight excluding hydrogens is 284 g/mol. The van der Waals surface area contributed by atoms with E-state index in [1.165, 1.54) is 37.0 Å². The van der Waals surface area contributed by atoms with E-state index in [2.05, 4.69) is 22.4 Å². The first-order valence-electron chi connectivity index (χ1n) is 8.00. The Hall–Kier alpha value is -1.17. The lowest BCUT2D eigenvalue weighted by Gasteiger charge is -2.26. The van der Waals surface area contributed by atoms with E-state index in [4.69, 9.17) is 0 Å². The van der Waals surface area contributed by atoms with Gasteiger partial charge in [-0.15, -0.1) is 10.2 Å². The number of carbonyl (C=O) groups excluding carboxylic acids is 1. The van der Waals surface area contributed by atoms with Crippen molar-refractivity contribution < 1.29 is 4.79 Å².